The number of sulfone groups is 1. The van der Waals surface area contributed by atoms with E-state index in [1.54, 1.807) is 12.3 Å². The van der Waals surface area contributed by atoms with Crippen LogP contribution < -0.4 is 5.48 Å². The van der Waals surface area contributed by atoms with Gasteiger partial charge in [-0.05, 0) is 24.6 Å². The number of fused-ring (bicyclic) bond motifs is 1. The Bertz CT molecular complexity index is 718. The van der Waals surface area contributed by atoms with Crippen molar-refractivity contribution in [1.29, 1.82) is 0 Å². The maximum Gasteiger partial charge on any atom is 0.182 e. The summed E-state index contributed by atoms with van der Waals surface area (Å²) in [7, 11) is -2.29. The molecule has 0 amide bonds. The highest BCUT2D eigenvalue weighted by Gasteiger charge is 2.31. The highest BCUT2D eigenvalue weighted by Crippen LogP contribution is 2.18. The van der Waals surface area contributed by atoms with Crippen molar-refractivity contribution in [2.24, 2.45) is 0 Å². The number of nitrogens with zero attached hydrogens (tertiary/aromatic N) is 1. The molecule has 2 unspecified atom stereocenters. The SMILES string of the molecule is COC(C(C)NO)S(=O)(=O)Cc1cnc2ccccc2c1. The van der Waals surface area contributed by atoms with E-state index in [4.69, 9.17) is 9.94 Å². The number of pyridine rings is 1. The van der Waals surface area contributed by atoms with Crippen molar-refractivity contribution in [2.75, 3.05) is 7.11 Å². The van der Waals surface area contributed by atoms with Gasteiger partial charge in [-0.2, -0.15) is 5.48 Å². The van der Waals surface area contributed by atoms with E-state index in [-0.39, 0.29) is 5.75 Å². The largest absolute Gasteiger partial charge is 0.364 e. The van der Waals surface area contributed by atoms with Crippen molar-refractivity contribution < 1.29 is 18.4 Å². The lowest BCUT2D eigenvalue weighted by Crippen LogP contribution is -2.42. The molecule has 114 valence electrons. The van der Waals surface area contributed by atoms with E-state index in [9.17, 15) is 8.42 Å². The predicted molar refractivity (Wildman–Crippen MR) is 79.5 cm³/mol. The van der Waals surface area contributed by atoms with E-state index in [0.717, 1.165) is 10.9 Å². The van der Waals surface area contributed by atoms with Crippen LogP contribution in [0.4, 0.5) is 0 Å². The van der Waals surface area contributed by atoms with Crippen molar-refractivity contribution in [3.8, 4) is 0 Å². The van der Waals surface area contributed by atoms with Crippen molar-refractivity contribution in [3.63, 3.8) is 0 Å². The summed E-state index contributed by atoms with van der Waals surface area (Å²) in [4.78, 5) is 4.25. The van der Waals surface area contributed by atoms with Gasteiger partial charge >= 0.3 is 0 Å². The number of hydrogen-bond acceptors (Lipinski definition) is 6. The van der Waals surface area contributed by atoms with Gasteiger partial charge in [-0.1, -0.05) is 18.2 Å². The molecule has 0 spiro atoms. The van der Waals surface area contributed by atoms with Crippen molar-refractivity contribution in [2.45, 2.75) is 24.2 Å². The van der Waals surface area contributed by atoms with E-state index >= 15 is 0 Å². The quantitative estimate of drug-likeness (QED) is 0.786. The van der Waals surface area contributed by atoms with Crippen LogP contribution in [0.2, 0.25) is 0 Å². The molecule has 1 heterocycles. The van der Waals surface area contributed by atoms with Gasteiger partial charge in [-0.3, -0.25) is 4.98 Å². The van der Waals surface area contributed by atoms with Gasteiger partial charge in [0.25, 0.3) is 0 Å². The van der Waals surface area contributed by atoms with Crippen molar-refractivity contribution in [1.82, 2.24) is 10.5 Å². The molecular weight excluding hydrogens is 292 g/mol. The van der Waals surface area contributed by atoms with Crippen LogP contribution in [0.15, 0.2) is 36.5 Å². The fraction of sp³-hybridized carbons (Fsp3) is 0.357. The molecule has 1 aromatic carbocycles. The van der Waals surface area contributed by atoms with Crippen LogP contribution in [-0.4, -0.2) is 37.2 Å². The van der Waals surface area contributed by atoms with Gasteiger partial charge in [-0.25, -0.2) is 8.42 Å². The number of benzene rings is 1. The summed E-state index contributed by atoms with van der Waals surface area (Å²) in [5, 5.41) is 9.78. The summed E-state index contributed by atoms with van der Waals surface area (Å²) in [6.07, 6.45) is 1.55. The van der Waals surface area contributed by atoms with Gasteiger partial charge in [-0.15, -0.1) is 0 Å². The number of hydroxylamine groups is 1. The first-order chi connectivity index (χ1) is 9.97. The lowest BCUT2D eigenvalue weighted by Gasteiger charge is -2.21. The number of aromatic nitrogens is 1. The third kappa shape index (κ3) is 3.56. The molecule has 2 aromatic rings. The summed E-state index contributed by atoms with van der Waals surface area (Å²) in [5.74, 6) is -0.199. The predicted octanol–water partition coefficient (Wildman–Crippen LogP) is 1.49. The van der Waals surface area contributed by atoms with Crippen LogP contribution in [0.3, 0.4) is 0 Å². The molecule has 1 aromatic heterocycles. The molecule has 21 heavy (non-hydrogen) atoms. The molecule has 0 aliphatic carbocycles. The number of hydrogen-bond donors (Lipinski definition) is 2. The molecule has 0 radical (unpaired) electrons. The minimum Gasteiger partial charge on any atom is -0.364 e. The standard InChI is InChI=1S/C14H18N2O4S/c1-10(16-17)14(20-2)21(18,19)9-11-7-12-5-3-4-6-13(12)15-8-11/h3-8,10,14,16-17H,9H2,1-2H3. The Labute approximate surface area is 123 Å². The molecule has 2 N–H and O–H groups in total. The second kappa shape index (κ2) is 6.48. The molecule has 0 saturated carbocycles. The Morgan fingerprint density at radius 3 is 2.76 bits per heavy atom. The summed E-state index contributed by atoms with van der Waals surface area (Å²) in [6, 6.07) is 8.56. The van der Waals surface area contributed by atoms with Crippen LogP contribution in [0.25, 0.3) is 10.9 Å². The molecule has 7 heteroatoms. The molecule has 0 aliphatic heterocycles. The van der Waals surface area contributed by atoms with Gasteiger partial charge < -0.3 is 9.94 Å². The third-order valence-electron chi connectivity index (χ3n) is 3.21. The van der Waals surface area contributed by atoms with Crippen molar-refractivity contribution in [3.05, 3.63) is 42.1 Å². The summed E-state index contributed by atoms with van der Waals surface area (Å²) in [6.45, 7) is 1.53. The van der Waals surface area contributed by atoms with Gasteiger partial charge in [0.05, 0.1) is 17.3 Å². The van der Waals surface area contributed by atoms with Crippen LogP contribution in [0.5, 0.6) is 0 Å². The minimum atomic E-state index is -3.59. The van der Waals surface area contributed by atoms with E-state index in [2.05, 4.69) is 4.98 Å². The number of ether oxygens (including phenoxy) is 1. The Morgan fingerprint density at radius 1 is 1.38 bits per heavy atom. The van der Waals surface area contributed by atoms with Gasteiger partial charge in [0.1, 0.15) is 0 Å². The first kappa shape index (κ1) is 15.8. The van der Waals surface area contributed by atoms with Crippen LogP contribution >= 0.6 is 0 Å². The normalized spacial score (nSPS) is 15.0. The van der Waals surface area contributed by atoms with E-state index < -0.39 is 21.3 Å². The second-order valence-electron chi connectivity index (χ2n) is 4.87. The average molecular weight is 310 g/mol. The smallest absolute Gasteiger partial charge is 0.182 e. The Balaban J connectivity index is 2.29. The molecule has 0 saturated heterocycles. The van der Waals surface area contributed by atoms with E-state index in [1.807, 2.05) is 29.7 Å². The highest BCUT2D eigenvalue weighted by molar-refractivity contribution is 7.91. The van der Waals surface area contributed by atoms with E-state index in [1.165, 1.54) is 14.0 Å². The van der Waals surface area contributed by atoms with Crippen LogP contribution in [-0.2, 0) is 20.3 Å². The first-order valence-electron chi connectivity index (χ1n) is 6.45. The van der Waals surface area contributed by atoms with Gasteiger partial charge in [0.15, 0.2) is 15.3 Å². The zero-order valence-corrected chi connectivity index (χ0v) is 12.7. The fourth-order valence-corrected chi connectivity index (χ4v) is 4.00. The molecule has 2 rings (SSSR count). The zero-order chi connectivity index (χ0) is 15.5. The van der Waals surface area contributed by atoms with Gasteiger partial charge in [0, 0.05) is 18.7 Å². The maximum absolute atomic E-state index is 12.4. The molecular formula is C14H18N2O4S. The number of rotatable bonds is 6. The zero-order valence-electron chi connectivity index (χ0n) is 11.9. The number of methoxy groups -OCH3 is 1. The lowest BCUT2D eigenvalue weighted by molar-refractivity contribution is 0.0578. The summed E-state index contributed by atoms with van der Waals surface area (Å²) in [5.41, 5.74) is 2.18. The Hall–Kier alpha value is -1.54. The average Bonchev–Trinajstić information content (AvgIpc) is 2.46. The van der Waals surface area contributed by atoms with Crippen LogP contribution in [0.1, 0.15) is 12.5 Å². The Kier molecular flexibility index (Phi) is 4.89. The third-order valence-corrected chi connectivity index (χ3v) is 5.26. The summed E-state index contributed by atoms with van der Waals surface area (Å²) < 4.78 is 29.7. The minimum absolute atomic E-state index is 0.199. The fourth-order valence-electron chi connectivity index (χ4n) is 2.23. The maximum atomic E-state index is 12.4. The van der Waals surface area contributed by atoms with Crippen molar-refractivity contribution >= 4 is 20.7 Å². The molecule has 2 atom stereocenters. The molecule has 0 bridgehead atoms. The molecule has 0 fully saturated rings. The molecule has 0 aliphatic rings. The lowest BCUT2D eigenvalue weighted by atomic mass is 10.2. The number of para-hydroxylation sites is 1. The first-order valence-corrected chi connectivity index (χ1v) is 8.17. The Morgan fingerprint density at radius 2 is 2.10 bits per heavy atom. The van der Waals surface area contributed by atoms with Crippen LogP contribution in [0, 0.1) is 0 Å². The second-order valence-corrected chi connectivity index (χ2v) is 6.94. The number of nitrogens with one attached hydrogen (secondary N) is 1. The molecule has 6 nitrogen and oxygen atoms in total. The van der Waals surface area contributed by atoms with E-state index in [0.29, 0.717) is 5.56 Å². The monoisotopic (exact) mass is 310 g/mol. The van der Waals surface area contributed by atoms with Gasteiger partial charge in [0.2, 0.25) is 0 Å². The summed E-state index contributed by atoms with van der Waals surface area (Å²) >= 11 is 0. The highest BCUT2D eigenvalue weighted by atomic mass is 32.2. The topological polar surface area (TPSA) is 88.5 Å².